The van der Waals surface area contributed by atoms with Gasteiger partial charge < -0.3 is 24.2 Å². The number of nitrogens with zero attached hydrogens (tertiary/aromatic N) is 6. The number of aromatic nitrogens is 3. The van der Waals surface area contributed by atoms with E-state index < -0.39 is 0 Å². The van der Waals surface area contributed by atoms with Gasteiger partial charge in [0.05, 0.1) is 0 Å². The lowest BCUT2D eigenvalue weighted by Crippen LogP contribution is -2.48. The Bertz CT molecular complexity index is 758. The predicted molar refractivity (Wildman–Crippen MR) is 104 cm³/mol. The molecule has 2 aliphatic rings. The number of fused-ring (bicyclic) bond motifs is 1. The summed E-state index contributed by atoms with van der Waals surface area (Å²) in [6.45, 7) is 12.8. The molecule has 0 radical (unpaired) electrons. The Morgan fingerprint density at radius 2 is 1.81 bits per heavy atom. The molecule has 0 bridgehead atoms. The zero-order chi connectivity index (χ0) is 18.8. The van der Waals surface area contributed by atoms with Crippen LogP contribution in [0.2, 0.25) is 0 Å². The van der Waals surface area contributed by atoms with Crippen molar-refractivity contribution in [1.82, 2.24) is 24.8 Å². The summed E-state index contributed by atoms with van der Waals surface area (Å²) in [6.07, 6.45) is 2.29. The average molecular weight is 374 g/mol. The van der Waals surface area contributed by atoms with Crippen LogP contribution >= 0.6 is 0 Å². The van der Waals surface area contributed by atoms with Crippen molar-refractivity contribution in [2.75, 3.05) is 63.9 Å². The van der Waals surface area contributed by atoms with E-state index in [2.05, 4.69) is 36.6 Å². The molecule has 0 saturated carbocycles. The number of piperazine rings is 1. The molecule has 2 aromatic heterocycles. The first-order valence-electron chi connectivity index (χ1n) is 10.1. The van der Waals surface area contributed by atoms with Gasteiger partial charge in [-0.15, -0.1) is 0 Å². The van der Waals surface area contributed by atoms with E-state index >= 15 is 0 Å². The second-order valence-electron chi connectivity index (χ2n) is 7.65. The summed E-state index contributed by atoms with van der Waals surface area (Å²) in [7, 11) is 0. The Labute approximate surface area is 160 Å². The van der Waals surface area contributed by atoms with Crippen LogP contribution in [0.1, 0.15) is 19.7 Å². The van der Waals surface area contributed by atoms with Crippen LogP contribution in [-0.2, 0) is 6.42 Å². The molecule has 2 saturated heterocycles. The Kier molecular flexibility index (Phi) is 5.56. The molecule has 8 heteroatoms. The molecule has 2 atom stereocenters. The molecule has 0 aliphatic carbocycles. The smallest absolute Gasteiger partial charge is 0.252 e. The van der Waals surface area contributed by atoms with Crippen molar-refractivity contribution in [3.8, 4) is 0 Å². The van der Waals surface area contributed by atoms with Crippen molar-refractivity contribution >= 4 is 17.0 Å². The number of oxazole rings is 1. The summed E-state index contributed by atoms with van der Waals surface area (Å²) in [4.78, 5) is 20.6. The van der Waals surface area contributed by atoms with Crippen LogP contribution in [0.5, 0.6) is 0 Å². The molecule has 2 aliphatic heterocycles. The van der Waals surface area contributed by atoms with Crippen molar-refractivity contribution in [2.24, 2.45) is 11.8 Å². The summed E-state index contributed by atoms with van der Waals surface area (Å²) in [5.74, 6) is 2.22. The molecule has 8 nitrogen and oxygen atoms in total. The molecule has 4 rings (SSSR count). The van der Waals surface area contributed by atoms with Crippen LogP contribution in [0.25, 0.3) is 11.2 Å². The highest BCUT2D eigenvalue weighted by atomic mass is 16.4. The summed E-state index contributed by atoms with van der Waals surface area (Å²) in [5, 5.41) is 9.95. The summed E-state index contributed by atoms with van der Waals surface area (Å²) in [6, 6.07) is 0. The van der Waals surface area contributed by atoms with Crippen LogP contribution in [0, 0.1) is 11.8 Å². The topological polar surface area (TPSA) is 81.8 Å². The van der Waals surface area contributed by atoms with E-state index in [-0.39, 0.29) is 12.5 Å². The Morgan fingerprint density at radius 3 is 2.52 bits per heavy atom. The van der Waals surface area contributed by atoms with Crippen LogP contribution < -0.4 is 4.90 Å². The zero-order valence-corrected chi connectivity index (χ0v) is 16.3. The molecule has 0 amide bonds. The van der Waals surface area contributed by atoms with E-state index in [9.17, 15) is 5.11 Å². The highest BCUT2D eigenvalue weighted by Crippen LogP contribution is 2.31. The SMILES string of the molecule is CCc1nc2c(N3C[C@@H](CN4CCN(CC)CC4)[C@@H](CO)C3)ncnc2o1. The molecule has 1 N–H and O–H groups in total. The lowest BCUT2D eigenvalue weighted by atomic mass is 9.96. The molecule has 27 heavy (non-hydrogen) atoms. The van der Waals surface area contributed by atoms with Gasteiger partial charge in [0.15, 0.2) is 17.2 Å². The van der Waals surface area contributed by atoms with Gasteiger partial charge in [0, 0.05) is 64.8 Å². The Balaban J connectivity index is 1.47. The van der Waals surface area contributed by atoms with Gasteiger partial charge in [0.25, 0.3) is 5.71 Å². The van der Waals surface area contributed by atoms with Gasteiger partial charge in [-0.3, -0.25) is 0 Å². The lowest BCUT2D eigenvalue weighted by molar-refractivity contribution is 0.106. The highest BCUT2D eigenvalue weighted by Gasteiger charge is 2.35. The fourth-order valence-electron chi connectivity index (χ4n) is 4.31. The normalized spacial score (nSPS) is 24.9. The maximum atomic E-state index is 9.95. The number of aliphatic hydroxyl groups excluding tert-OH is 1. The minimum Gasteiger partial charge on any atom is -0.422 e. The maximum absolute atomic E-state index is 9.95. The third kappa shape index (κ3) is 3.79. The summed E-state index contributed by atoms with van der Waals surface area (Å²) in [5.41, 5.74) is 1.29. The Hall–Kier alpha value is -1.77. The molecule has 4 heterocycles. The van der Waals surface area contributed by atoms with E-state index in [1.807, 2.05) is 6.92 Å². The number of hydrogen-bond donors (Lipinski definition) is 1. The van der Waals surface area contributed by atoms with E-state index in [0.717, 1.165) is 70.1 Å². The number of likely N-dealkylation sites (N-methyl/N-ethyl adjacent to an activating group) is 1. The molecular weight excluding hydrogens is 344 g/mol. The first-order chi connectivity index (χ1) is 13.2. The molecule has 0 unspecified atom stereocenters. The third-order valence-corrected chi connectivity index (χ3v) is 6.04. The second-order valence-corrected chi connectivity index (χ2v) is 7.65. The van der Waals surface area contributed by atoms with Gasteiger partial charge in [0.2, 0.25) is 0 Å². The fourth-order valence-corrected chi connectivity index (χ4v) is 4.31. The quantitative estimate of drug-likeness (QED) is 0.797. The van der Waals surface area contributed by atoms with E-state index in [4.69, 9.17) is 4.42 Å². The zero-order valence-electron chi connectivity index (χ0n) is 16.3. The number of aliphatic hydroxyl groups is 1. The van der Waals surface area contributed by atoms with Crippen LogP contribution in [0.3, 0.4) is 0 Å². The number of anilines is 1. The minimum atomic E-state index is 0.212. The molecular formula is C19H30N6O2. The van der Waals surface area contributed by atoms with Crippen LogP contribution in [0.4, 0.5) is 5.82 Å². The summed E-state index contributed by atoms with van der Waals surface area (Å²) >= 11 is 0. The maximum Gasteiger partial charge on any atom is 0.252 e. The van der Waals surface area contributed by atoms with Crippen molar-refractivity contribution < 1.29 is 9.52 Å². The first-order valence-corrected chi connectivity index (χ1v) is 10.1. The lowest BCUT2D eigenvalue weighted by Gasteiger charge is -2.36. The Morgan fingerprint density at radius 1 is 1.07 bits per heavy atom. The summed E-state index contributed by atoms with van der Waals surface area (Å²) < 4.78 is 5.69. The van der Waals surface area contributed by atoms with Gasteiger partial charge in [-0.05, 0) is 12.5 Å². The second kappa shape index (κ2) is 8.08. The van der Waals surface area contributed by atoms with Gasteiger partial charge in [-0.25, -0.2) is 9.97 Å². The van der Waals surface area contributed by atoms with Crippen LogP contribution in [0.15, 0.2) is 10.7 Å². The number of hydrogen-bond acceptors (Lipinski definition) is 8. The highest BCUT2D eigenvalue weighted by molar-refractivity contribution is 5.81. The monoisotopic (exact) mass is 374 g/mol. The van der Waals surface area contributed by atoms with Gasteiger partial charge in [0.1, 0.15) is 6.33 Å². The van der Waals surface area contributed by atoms with E-state index in [1.54, 1.807) is 6.33 Å². The van der Waals surface area contributed by atoms with E-state index in [0.29, 0.717) is 17.5 Å². The van der Waals surface area contributed by atoms with Crippen LogP contribution in [-0.4, -0.2) is 88.8 Å². The predicted octanol–water partition coefficient (Wildman–Crippen LogP) is 0.862. The standard InChI is InChI=1S/C19H30N6O2/c1-3-16-22-17-18(20-13-21-19(17)27-16)25-10-14(15(11-25)12-26)9-24-7-5-23(4-2)6-8-24/h13-15,26H,3-12H2,1-2H3/t14-,15-/m1/s1. The molecule has 2 fully saturated rings. The average Bonchev–Trinajstić information content (AvgIpc) is 3.31. The van der Waals surface area contributed by atoms with Crippen molar-refractivity contribution in [3.63, 3.8) is 0 Å². The van der Waals surface area contributed by atoms with Crippen molar-refractivity contribution in [2.45, 2.75) is 20.3 Å². The van der Waals surface area contributed by atoms with Gasteiger partial charge >= 0.3 is 0 Å². The van der Waals surface area contributed by atoms with Crippen molar-refractivity contribution in [1.29, 1.82) is 0 Å². The van der Waals surface area contributed by atoms with Crippen molar-refractivity contribution in [3.05, 3.63) is 12.2 Å². The molecule has 2 aromatic rings. The number of rotatable bonds is 6. The minimum absolute atomic E-state index is 0.212. The molecule has 0 aromatic carbocycles. The third-order valence-electron chi connectivity index (χ3n) is 6.04. The van der Waals surface area contributed by atoms with E-state index in [1.165, 1.54) is 0 Å². The largest absolute Gasteiger partial charge is 0.422 e. The van der Waals surface area contributed by atoms with Gasteiger partial charge in [-0.1, -0.05) is 13.8 Å². The van der Waals surface area contributed by atoms with Gasteiger partial charge in [-0.2, -0.15) is 4.98 Å². The number of aryl methyl sites for hydroxylation is 1. The molecule has 148 valence electrons. The fraction of sp³-hybridized carbons (Fsp3) is 0.737. The molecule has 0 spiro atoms. The first kappa shape index (κ1) is 18.6.